The molecule has 0 spiro atoms. The van der Waals surface area contributed by atoms with Crippen LogP contribution < -0.4 is 0 Å². The molecule has 0 radical (unpaired) electrons. The molecule has 0 N–H and O–H groups in total. The van der Waals surface area contributed by atoms with Crippen LogP contribution in [0.4, 0.5) is 0 Å². The number of hydrogen-bond donors (Lipinski definition) is 0. The average Bonchev–Trinajstić information content (AvgIpc) is 3.48. The zero-order chi connectivity index (χ0) is 19.6. The molecule has 0 unspecified atom stereocenters. The molecular formula is C22H21NO5. The van der Waals surface area contributed by atoms with Crippen molar-refractivity contribution >= 4 is 23.6 Å². The van der Waals surface area contributed by atoms with Crippen molar-refractivity contribution in [2.24, 2.45) is 35.5 Å². The minimum absolute atomic E-state index is 0.126. The lowest BCUT2D eigenvalue weighted by Gasteiger charge is -2.37. The van der Waals surface area contributed by atoms with Crippen molar-refractivity contribution in [2.45, 2.75) is 13.3 Å². The first kappa shape index (κ1) is 17.3. The van der Waals surface area contributed by atoms with Crippen molar-refractivity contribution in [3.05, 3.63) is 47.5 Å². The van der Waals surface area contributed by atoms with Gasteiger partial charge in [0.05, 0.1) is 11.8 Å². The highest BCUT2D eigenvalue weighted by Crippen LogP contribution is 2.65. The van der Waals surface area contributed by atoms with Crippen molar-refractivity contribution < 1.29 is 23.9 Å². The quantitative estimate of drug-likeness (QED) is 0.337. The Bertz CT molecular complexity index is 881. The minimum atomic E-state index is -0.730. The van der Waals surface area contributed by atoms with Gasteiger partial charge < -0.3 is 4.74 Å². The first-order chi connectivity index (χ1) is 13.5. The number of benzene rings is 1. The Morgan fingerprint density at radius 1 is 1.00 bits per heavy atom. The van der Waals surface area contributed by atoms with E-state index in [2.05, 4.69) is 12.2 Å². The van der Waals surface area contributed by atoms with Crippen LogP contribution in [0.5, 0.6) is 0 Å². The second-order valence-electron chi connectivity index (χ2n) is 8.37. The van der Waals surface area contributed by atoms with Crippen molar-refractivity contribution in [3.63, 3.8) is 0 Å². The lowest BCUT2D eigenvalue weighted by Crippen LogP contribution is -2.40. The van der Waals surface area contributed by atoms with Gasteiger partial charge in [0.25, 0.3) is 0 Å². The number of likely N-dealkylation sites (tertiary alicyclic amines) is 1. The summed E-state index contributed by atoms with van der Waals surface area (Å²) < 4.78 is 5.05. The van der Waals surface area contributed by atoms with E-state index in [4.69, 9.17) is 4.74 Å². The number of carbonyl (C=O) groups excluding carboxylic acids is 4. The Morgan fingerprint density at radius 3 is 2.14 bits per heavy atom. The highest BCUT2D eigenvalue weighted by Gasteiger charge is 2.67. The van der Waals surface area contributed by atoms with Gasteiger partial charge in [-0.3, -0.25) is 24.1 Å². The second-order valence-corrected chi connectivity index (χ2v) is 8.37. The van der Waals surface area contributed by atoms with Gasteiger partial charge in [-0.05, 0) is 37.0 Å². The lowest BCUT2D eigenvalue weighted by atomic mass is 9.63. The van der Waals surface area contributed by atoms with Gasteiger partial charge in [-0.25, -0.2) is 0 Å². The van der Waals surface area contributed by atoms with Gasteiger partial charge in [0.15, 0.2) is 12.4 Å². The monoisotopic (exact) mass is 379 g/mol. The number of allylic oxidation sites excluding steroid dienone is 2. The van der Waals surface area contributed by atoms with E-state index in [1.165, 1.54) is 0 Å². The van der Waals surface area contributed by atoms with Crippen molar-refractivity contribution in [1.29, 1.82) is 0 Å². The third kappa shape index (κ3) is 2.54. The maximum atomic E-state index is 12.8. The summed E-state index contributed by atoms with van der Waals surface area (Å²) >= 11 is 0. The van der Waals surface area contributed by atoms with E-state index in [0.29, 0.717) is 17.4 Å². The summed E-state index contributed by atoms with van der Waals surface area (Å²) in [5, 5.41) is 0. The van der Waals surface area contributed by atoms with Crippen molar-refractivity contribution in [2.75, 3.05) is 13.2 Å². The van der Waals surface area contributed by atoms with Gasteiger partial charge in [0.1, 0.15) is 6.54 Å². The van der Waals surface area contributed by atoms with Crippen molar-refractivity contribution in [3.8, 4) is 0 Å². The summed E-state index contributed by atoms with van der Waals surface area (Å²) in [6.45, 7) is 1.10. The average molecular weight is 379 g/mol. The predicted molar refractivity (Wildman–Crippen MR) is 97.9 cm³/mol. The standard InChI is InChI=1S/C22H21NO5/c1-11-2-4-12(5-3-11)17(24)10-28-18(25)9-23-21(26)19-13-6-7-14(16-8-15(13)16)20(19)22(23)27/h2-7,13-16,19-20H,8-10H2,1H3/t13-,14-,15-,16-,19+,20+/m1/s1. The SMILES string of the molecule is Cc1ccc(C(=O)COC(=O)CN2C(=O)[C@H]3[C@@H]4C=C[C@H]([C@H]5C[C@H]45)[C@@H]3C2=O)cc1. The molecule has 2 bridgehead atoms. The van der Waals surface area contributed by atoms with Crippen molar-refractivity contribution in [1.82, 2.24) is 4.90 Å². The van der Waals surface area contributed by atoms with Gasteiger partial charge in [0.2, 0.25) is 11.8 Å². The van der Waals surface area contributed by atoms with E-state index in [1.54, 1.807) is 12.1 Å². The zero-order valence-corrected chi connectivity index (χ0v) is 15.5. The number of aryl methyl sites for hydroxylation is 1. The molecule has 2 saturated carbocycles. The molecule has 28 heavy (non-hydrogen) atoms. The van der Waals surface area contributed by atoms with Gasteiger partial charge >= 0.3 is 5.97 Å². The van der Waals surface area contributed by atoms with Crippen LogP contribution >= 0.6 is 0 Å². The summed E-state index contributed by atoms with van der Waals surface area (Å²) in [7, 11) is 0. The molecular weight excluding hydrogens is 358 g/mol. The van der Waals surface area contributed by atoms with Gasteiger partial charge in [-0.2, -0.15) is 0 Å². The minimum Gasteiger partial charge on any atom is -0.456 e. The van der Waals surface area contributed by atoms with E-state index >= 15 is 0 Å². The number of nitrogens with zero attached hydrogens (tertiary/aromatic N) is 1. The summed E-state index contributed by atoms with van der Waals surface area (Å²) in [5.41, 5.74) is 1.49. The number of amides is 2. The number of ether oxygens (including phenoxy) is 1. The fourth-order valence-electron chi connectivity index (χ4n) is 5.32. The lowest BCUT2D eigenvalue weighted by molar-refractivity contribution is -0.152. The first-order valence-electron chi connectivity index (χ1n) is 9.75. The highest BCUT2D eigenvalue weighted by molar-refractivity contribution is 6.08. The third-order valence-corrected chi connectivity index (χ3v) is 6.78. The molecule has 144 valence electrons. The molecule has 1 saturated heterocycles. The van der Waals surface area contributed by atoms with Crippen LogP contribution in [0, 0.1) is 42.4 Å². The van der Waals surface area contributed by atoms with Gasteiger partial charge in [-0.1, -0.05) is 42.0 Å². The van der Waals surface area contributed by atoms with Gasteiger partial charge in [-0.15, -0.1) is 0 Å². The Kier molecular flexibility index (Phi) is 3.79. The highest BCUT2D eigenvalue weighted by atomic mass is 16.5. The van der Waals surface area contributed by atoms with Crippen LogP contribution in [-0.2, 0) is 19.1 Å². The van der Waals surface area contributed by atoms with Crippen LogP contribution in [0.2, 0.25) is 0 Å². The fraction of sp³-hybridized carbons (Fsp3) is 0.455. The Morgan fingerprint density at radius 2 is 1.57 bits per heavy atom. The maximum absolute atomic E-state index is 12.8. The molecule has 1 heterocycles. The van der Waals surface area contributed by atoms with Crippen LogP contribution in [0.1, 0.15) is 22.3 Å². The summed E-state index contributed by atoms with van der Waals surface area (Å²) in [6, 6.07) is 6.98. The Labute approximate surface area is 162 Å². The number of carbonyl (C=O) groups is 4. The molecule has 0 aromatic heterocycles. The number of esters is 1. The van der Waals surface area contributed by atoms with E-state index < -0.39 is 19.1 Å². The number of ketones is 1. The molecule has 6 rings (SSSR count). The van der Waals surface area contributed by atoms with Crippen LogP contribution in [0.15, 0.2) is 36.4 Å². The fourth-order valence-corrected chi connectivity index (χ4v) is 5.32. The number of hydrogen-bond acceptors (Lipinski definition) is 5. The Balaban J connectivity index is 1.21. The summed E-state index contributed by atoms with van der Waals surface area (Å²) in [5.74, 6) is -0.931. The molecule has 4 aliphatic carbocycles. The summed E-state index contributed by atoms with van der Waals surface area (Å²) in [6.07, 6.45) is 5.28. The molecule has 1 aromatic carbocycles. The molecule has 6 heteroatoms. The maximum Gasteiger partial charge on any atom is 0.326 e. The number of Topliss-reactive ketones (excluding diaryl/α,β-unsaturated/α-hetero) is 1. The predicted octanol–water partition coefficient (Wildman–Crippen LogP) is 1.77. The van der Waals surface area contributed by atoms with E-state index in [0.717, 1.165) is 16.9 Å². The first-order valence-corrected chi connectivity index (χ1v) is 9.75. The van der Waals surface area contributed by atoms with Crippen LogP contribution in [0.3, 0.4) is 0 Å². The molecule has 1 aliphatic heterocycles. The van der Waals surface area contributed by atoms with Gasteiger partial charge in [0, 0.05) is 5.56 Å². The molecule has 3 fully saturated rings. The largest absolute Gasteiger partial charge is 0.456 e. The third-order valence-electron chi connectivity index (χ3n) is 6.78. The zero-order valence-electron chi connectivity index (χ0n) is 15.5. The topological polar surface area (TPSA) is 80.8 Å². The normalized spacial score (nSPS) is 34.2. The second kappa shape index (κ2) is 6.12. The Hall–Kier alpha value is -2.76. The summed E-state index contributed by atoms with van der Waals surface area (Å²) in [4.78, 5) is 51.0. The van der Waals surface area contributed by atoms with E-state index in [1.807, 2.05) is 19.1 Å². The molecule has 5 aliphatic rings. The smallest absolute Gasteiger partial charge is 0.326 e. The van der Waals surface area contributed by atoms with E-state index in [9.17, 15) is 19.2 Å². The van der Waals surface area contributed by atoms with Crippen LogP contribution in [0.25, 0.3) is 0 Å². The van der Waals surface area contributed by atoms with Crippen LogP contribution in [-0.4, -0.2) is 41.6 Å². The molecule has 2 amide bonds. The molecule has 1 aromatic rings. The van der Waals surface area contributed by atoms with E-state index in [-0.39, 0.29) is 41.3 Å². The molecule has 6 nitrogen and oxygen atoms in total. The number of imide groups is 1. The number of rotatable bonds is 5. The molecule has 6 atom stereocenters.